The first-order chi connectivity index (χ1) is 18.7. The zero-order valence-corrected chi connectivity index (χ0v) is 23.1. The molecule has 2 aliphatic heterocycles. The van der Waals surface area contributed by atoms with Crippen LogP contribution in [0.3, 0.4) is 0 Å². The molecular weight excluding hydrogens is 497 g/mol. The van der Waals surface area contributed by atoms with Gasteiger partial charge in [-0.05, 0) is 77.1 Å². The van der Waals surface area contributed by atoms with Gasteiger partial charge in [-0.15, -0.1) is 0 Å². The predicted molar refractivity (Wildman–Crippen MR) is 148 cm³/mol. The Balaban J connectivity index is 1.57. The lowest BCUT2D eigenvalue weighted by Gasteiger charge is -2.40. The van der Waals surface area contributed by atoms with Crippen LogP contribution in [0.15, 0.2) is 48.5 Å². The molecule has 1 saturated carbocycles. The number of likely N-dealkylation sites (tertiary alicyclic amines) is 1. The minimum Gasteiger partial charge on any atom is -0.444 e. The van der Waals surface area contributed by atoms with Gasteiger partial charge in [0.2, 0.25) is 0 Å². The van der Waals surface area contributed by atoms with Crippen LogP contribution in [0.2, 0.25) is 0 Å². The van der Waals surface area contributed by atoms with Gasteiger partial charge in [-0.25, -0.2) is 9.18 Å². The average Bonchev–Trinajstić information content (AvgIpc) is 3.20. The maximum absolute atomic E-state index is 14.6. The molecule has 3 aliphatic rings. The molecule has 2 atom stereocenters. The number of piperidine rings is 1. The molecular formula is C31H38FN3O4. The number of anilines is 2. The minimum absolute atomic E-state index is 0.0646. The quantitative estimate of drug-likeness (QED) is 0.456. The third kappa shape index (κ3) is 5.52. The van der Waals surface area contributed by atoms with E-state index in [1.54, 1.807) is 32.9 Å². The third-order valence-corrected chi connectivity index (χ3v) is 7.90. The number of amides is 3. The molecule has 0 N–H and O–H groups in total. The van der Waals surface area contributed by atoms with Gasteiger partial charge in [0.1, 0.15) is 23.5 Å². The standard InChI is InChI=1S/C31H38FN3O4/c1-31(2,3)39-30(38)33-19-10-9-18-26(33)28(36)35(23-15-11-12-21(32)20-23)27-24-16-7-8-17-25(24)34(29(27)37)22-13-5-4-6-14-22/h7-8,11-12,15-17,20,22,26-27H,4-6,9-10,13-14,18-19H2,1-3H3/t26-,27?/m1/s1. The number of para-hydroxylation sites is 1. The van der Waals surface area contributed by atoms with Gasteiger partial charge in [0.15, 0.2) is 0 Å². The molecule has 5 rings (SSSR count). The van der Waals surface area contributed by atoms with Crippen LogP contribution in [0.4, 0.5) is 20.6 Å². The highest BCUT2D eigenvalue weighted by Crippen LogP contribution is 2.45. The zero-order chi connectivity index (χ0) is 27.7. The minimum atomic E-state index is -0.945. The average molecular weight is 536 g/mol. The number of fused-ring (bicyclic) bond motifs is 1. The maximum atomic E-state index is 14.6. The van der Waals surface area contributed by atoms with Gasteiger partial charge in [-0.1, -0.05) is 43.5 Å². The van der Waals surface area contributed by atoms with Crippen molar-refractivity contribution in [3.05, 3.63) is 59.9 Å². The van der Waals surface area contributed by atoms with Crippen LogP contribution in [0.1, 0.15) is 83.7 Å². The van der Waals surface area contributed by atoms with Gasteiger partial charge < -0.3 is 9.64 Å². The first kappa shape index (κ1) is 27.2. The van der Waals surface area contributed by atoms with Crippen LogP contribution < -0.4 is 9.80 Å². The number of hydrogen-bond acceptors (Lipinski definition) is 4. The number of rotatable bonds is 4. The summed E-state index contributed by atoms with van der Waals surface area (Å²) in [5.41, 5.74) is 1.12. The zero-order valence-electron chi connectivity index (χ0n) is 23.1. The lowest BCUT2D eigenvalue weighted by molar-refractivity contribution is -0.128. The molecule has 0 spiro atoms. The van der Waals surface area contributed by atoms with Gasteiger partial charge in [0.25, 0.3) is 11.8 Å². The lowest BCUT2D eigenvalue weighted by atomic mass is 9.94. The Labute approximate surface area is 229 Å². The monoisotopic (exact) mass is 535 g/mol. The number of halogens is 1. The second kappa shape index (κ2) is 11.0. The highest BCUT2D eigenvalue weighted by atomic mass is 19.1. The Bertz CT molecular complexity index is 1240. The van der Waals surface area contributed by atoms with Crippen molar-refractivity contribution in [1.29, 1.82) is 0 Å². The number of carbonyl (C=O) groups is 3. The van der Waals surface area contributed by atoms with Crippen molar-refractivity contribution in [2.75, 3.05) is 16.3 Å². The van der Waals surface area contributed by atoms with Crippen LogP contribution in [0.5, 0.6) is 0 Å². The van der Waals surface area contributed by atoms with Crippen LogP contribution in [0.25, 0.3) is 0 Å². The van der Waals surface area contributed by atoms with Gasteiger partial charge >= 0.3 is 6.09 Å². The predicted octanol–water partition coefficient (Wildman–Crippen LogP) is 6.37. The first-order valence-corrected chi connectivity index (χ1v) is 14.2. The van der Waals surface area contributed by atoms with Crippen molar-refractivity contribution in [2.45, 2.75) is 95.9 Å². The topological polar surface area (TPSA) is 70.2 Å². The molecule has 2 aromatic rings. The highest BCUT2D eigenvalue weighted by Gasteiger charge is 2.48. The third-order valence-electron chi connectivity index (χ3n) is 7.90. The van der Waals surface area contributed by atoms with E-state index < -0.39 is 35.5 Å². The molecule has 7 nitrogen and oxygen atoms in total. The van der Waals surface area contributed by atoms with E-state index in [-0.39, 0.29) is 11.9 Å². The summed E-state index contributed by atoms with van der Waals surface area (Å²) in [6.45, 7) is 5.75. The molecule has 2 aromatic carbocycles. The van der Waals surface area contributed by atoms with E-state index >= 15 is 0 Å². The molecule has 2 heterocycles. The number of nitrogens with zero attached hydrogens (tertiary/aromatic N) is 3. The number of hydrogen-bond donors (Lipinski definition) is 0. The summed E-state index contributed by atoms with van der Waals surface area (Å²) < 4.78 is 20.2. The maximum Gasteiger partial charge on any atom is 0.410 e. The van der Waals surface area contributed by atoms with Crippen LogP contribution in [0, 0.1) is 5.82 Å². The van der Waals surface area contributed by atoms with Crippen molar-refractivity contribution in [1.82, 2.24) is 4.90 Å². The molecule has 1 saturated heterocycles. The Kier molecular flexibility index (Phi) is 7.65. The smallest absolute Gasteiger partial charge is 0.410 e. The van der Waals surface area contributed by atoms with Crippen molar-refractivity contribution < 1.29 is 23.5 Å². The van der Waals surface area contributed by atoms with Gasteiger partial charge in [-0.3, -0.25) is 19.4 Å². The fraction of sp³-hybridized carbons (Fsp3) is 0.516. The Morgan fingerprint density at radius 2 is 1.67 bits per heavy atom. The van der Waals surface area contributed by atoms with Crippen LogP contribution >= 0.6 is 0 Å². The fourth-order valence-electron chi connectivity index (χ4n) is 6.20. The molecule has 3 amide bonds. The first-order valence-electron chi connectivity index (χ1n) is 14.2. The molecule has 2 fully saturated rings. The van der Waals surface area contributed by atoms with Gasteiger partial charge in [-0.2, -0.15) is 0 Å². The van der Waals surface area contributed by atoms with E-state index in [4.69, 9.17) is 4.74 Å². The van der Waals surface area contributed by atoms with Gasteiger partial charge in [0.05, 0.1) is 0 Å². The SMILES string of the molecule is CC(C)(C)OC(=O)N1CCCC[C@@H]1C(=O)N(c1cccc(F)c1)C1C(=O)N(C2CCCCC2)c2ccccc21. The molecule has 0 bridgehead atoms. The summed E-state index contributed by atoms with van der Waals surface area (Å²) in [4.78, 5) is 46.7. The van der Waals surface area contributed by atoms with E-state index in [1.165, 1.54) is 21.9 Å². The van der Waals surface area contributed by atoms with Crippen molar-refractivity contribution in [3.63, 3.8) is 0 Å². The van der Waals surface area contributed by atoms with E-state index in [0.717, 1.165) is 56.2 Å². The summed E-state index contributed by atoms with van der Waals surface area (Å²) in [5, 5.41) is 0. The van der Waals surface area contributed by atoms with E-state index in [9.17, 15) is 18.8 Å². The highest BCUT2D eigenvalue weighted by molar-refractivity contribution is 6.12. The largest absolute Gasteiger partial charge is 0.444 e. The van der Waals surface area contributed by atoms with Crippen LogP contribution in [-0.4, -0.2) is 47.0 Å². The number of ether oxygens (including phenoxy) is 1. The van der Waals surface area contributed by atoms with Crippen molar-refractivity contribution in [3.8, 4) is 0 Å². The Morgan fingerprint density at radius 3 is 2.38 bits per heavy atom. The fourth-order valence-corrected chi connectivity index (χ4v) is 6.20. The van der Waals surface area contributed by atoms with Gasteiger partial charge in [0, 0.05) is 29.5 Å². The van der Waals surface area contributed by atoms with Crippen LogP contribution in [-0.2, 0) is 14.3 Å². The van der Waals surface area contributed by atoms with Crippen molar-refractivity contribution in [2.24, 2.45) is 0 Å². The molecule has 1 aliphatic carbocycles. The molecule has 0 aromatic heterocycles. The lowest BCUT2D eigenvalue weighted by Crippen LogP contribution is -2.56. The molecule has 39 heavy (non-hydrogen) atoms. The van der Waals surface area contributed by atoms with E-state index in [0.29, 0.717) is 18.7 Å². The van der Waals surface area contributed by atoms with E-state index in [2.05, 4.69) is 0 Å². The number of benzene rings is 2. The summed E-state index contributed by atoms with van der Waals surface area (Å²) in [5.74, 6) is -1.08. The molecule has 1 unspecified atom stereocenters. The second-order valence-electron chi connectivity index (χ2n) is 11.8. The summed E-state index contributed by atoms with van der Waals surface area (Å²) in [7, 11) is 0. The summed E-state index contributed by atoms with van der Waals surface area (Å²) in [6, 6.07) is 11.7. The second-order valence-corrected chi connectivity index (χ2v) is 11.8. The molecule has 208 valence electrons. The number of carbonyl (C=O) groups excluding carboxylic acids is 3. The molecule has 0 radical (unpaired) electrons. The van der Waals surface area contributed by atoms with Crippen molar-refractivity contribution >= 4 is 29.3 Å². The normalized spacial score (nSPS) is 22.0. The van der Waals surface area contributed by atoms with E-state index in [1.807, 2.05) is 29.2 Å². The summed E-state index contributed by atoms with van der Waals surface area (Å²) >= 11 is 0. The molecule has 8 heteroatoms. The Hall–Kier alpha value is -3.42. The summed E-state index contributed by atoms with van der Waals surface area (Å²) in [6.07, 6.45) is 6.49. The Morgan fingerprint density at radius 1 is 0.949 bits per heavy atom.